The predicted octanol–water partition coefficient (Wildman–Crippen LogP) is 3.11. The highest BCUT2D eigenvalue weighted by Crippen LogP contribution is 2.35. The second-order valence-corrected chi connectivity index (χ2v) is 7.34. The van der Waals surface area contributed by atoms with E-state index in [1.54, 1.807) is 6.07 Å². The molecule has 0 radical (unpaired) electrons. The first-order chi connectivity index (χ1) is 16.2. The van der Waals surface area contributed by atoms with Gasteiger partial charge < -0.3 is 28.8 Å². The number of likely N-dealkylation sites (tertiary alicyclic amines) is 1. The lowest BCUT2D eigenvalue weighted by Gasteiger charge is -2.22. The van der Waals surface area contributed by atoms with Crippen molar-refractivity contribution in [2.45, 2.75) is 25.1 Å². The number of methoxy groups -OCH3 is 1. The summed E-state index contributed by atoms with van der Waals surface area (Å²) in [6, 6.07) is 4.74. The number of carbonyl (C=O) groups is 3. The maximum atomic E-state index is 13.1. The fourth-order valence-corrected chi connectivity index (χ4v) is 3.38. The zero-order chi connectivity index (χ0) is 24.7. The largest absolute Gasteiger partial charge is 0.489 e. The van der Waals surface area contributed by atoms with Gasteiger partial charge in [0.25, 0.3) is 11.8 Å². The Morgan fingerprint density at radius 2 is 2.00 bits per heavy atom. The van der Waals surface area contributed by atoms with E-state index >= 15 is 0 Å². The monoisotopic (exact) mass is 484 g/mol. The standard InChI is InChI=1S/C22H23F3N2O7/c1-31-10-11-33-17-7-6-14(22(23,24)25)12-15(17)26-19(28)13-34-21(30)16-4-2-8-27(16)20(29)18-5-3-9-32-18/h3,5-7,9,12,16H,2,4,8,10-11,13H2,1H3,(H,26,28)/t16-/m0/s1. The quantitative estimate of drug-likeness (QED) is 0.431. The van der Waals surface area contributed by atoms with E-state index in [0.29, 0.717) is 19.4 Å². The molecule has 3 rings (SSSR count). The highest BCUT2D eigenvalue weighted by molar-refractivity contribution is 5.96. The Morgan fingerprint density at radius 3 is 2.68 bits per heavy atom. The number of benzene rings is 1. The van der Waals surface area contributed by atoms with E-state index in [1.807, 2.05) is 0 Å². The Hall–Kier alpha value is -3.54. The lowest BCUT2D eigenvalue weighted by molar-refractivity contribution is -0.151. The molecule has 1 aliphatic heterocycles. The number of anilines is 1. The molecule has 0 bridgehead atoms. The van der Waals surface area contributed by atoms with Crippen molar-refractivity contribution >= 4 is 23.5 Å². The zero-order valence-electron chi connectivity index (χ0n) is 18.2. The molecule has 9 nitrogen and oxygen atoms in total. The Kier molecular flexibility index (Phi) is 8.16. The van der Waals surface area contributed by atoms with Crippen molar-refractivity contribution in [1.82, 2.24) is 4.90 Å². The number of nitrogens with zero attached hydrogens (tertiary/aromatic N) is 1. The third-order valence-corrected chi connectivity index (χ3v) is 4.99. The third-order valence-electron chi connectivity index (χ3n) is 4.99. The first-order valence-corrected chi connectivity index (χ1v) is 10.3. The van der Waals surface area contributed by atoms with Gasteiger partial charge >= 0.3 is 12.1 Å². The van der Waals surface area contributed by atoms with Crippen molar-refractivity contribution in [3.8, 4) is 5.75 Å². The number of nitrogens with one attached hydrogen (secondary N) is 1. The fraction of sp³-hybridized carbons (Fsp3) is 0.409. The highest BCUT2D eigenvalue weighted by Gasteiger charge is 2.37. The molecule has 1 fully saturated rings. The van der Waals surface area contributed by atoms with Crippen LogP contribution in [0.2, 0.25) is 0 Å². The van der Waals surface area contributed by atoms with Crippen LogP contribution in [0.1, 0.15) is 29.0 Å². The number of rotatable bonds is 9. The minimum atomic E-state index is -4.64. The topological polar surface area (TPSA) is 107 Å². The molecule has 1 aromatic carbocycles. The molecule has 1 saturated heterocycles. The van der Waals surface area contributed by atoms with Crippen LogP contribution >= 0.6 is 0 Å². The van der Waals surface area contributed by atoms with Gasteiger partial charge in [0, 0.05) is 13.7 Å². The molecule has 184 valence electrons. The molecular weight excluding hydrogens is 461 g/mol. The van der Waals surface area contributed by atoms with E-state index in [0.717, 1.165) is 18.2 Å². The molecule has 2 amide bonds. The van der Waals surface area contributed by atoms with Gasteiger partial charge in [0.1, 0.15) is 18.4 Å². The lowest BCUT2D eigenvalue weighted by Crippen LogP contribution is -2.42. The third kappa shape index (κ3) is 6.28. The first kappa shape index (κ1) is 25.1. The normalized spacial score (nSPS) is 15.8. The number of carbonyl (C=O) groups excluding carboxylic acids is 3. The van der Waals surface area contributed by atoms with Gasteiger partial charge in [0.15, 0.2) is 12.4 Å². The summed E-state index contributed by atoms with van der Waals surface area (Å²) in [6.07, 6.45) is -2.39. The molecule has 1 aromatic heterocycles. The Morgan fingerprint density at radius 1 is 1.21 bits per heavy atom. The summed E-state index contributed by atoms with van der Waals surface area (Å²) in [7, 11) is 1.43. The van der Waals surface area contributed by atoms with E-state index in [2.05, 4.69) is 5.32 Å². The average molecular weight is 484 g/mol. The van der Waals surface area contributed by atoms with Crippen LogP contribution in [0.4, 0.5) is 18.9 Å². The van der Waals surface area contributed by atoms with Gasteiger partial charge in [-0.3, -0.25) is 9.59 Å². The van der Waals surface area contributed by atoms with E-state index in [9.17, 15) is 27.6 Å². The molecule has 0 unspecified atom stereocenters. The summed E-state index contributed by atoms with van der Waals surface area (Å²) in [4.78, 5) is 38.6. The van der Waals surface area contributed by atoms with Gasteiger partial charge in [-0.05, 0) is 43.2 Å². The molecule has 0 spiro atoms. The van der Waals surface area contributed by atoms with Crippen LogP contribution in [-0.2, 0) is 25.2 Å². The van der Waals surface area contributed by atoms with Crippen molar-refractivity contribution < 1.29 is 46.2 Å². The van der Waals surface area contributed by atoms with Gasteiger partial charge in [-0.15, -0.1) is 0 Å². The molecule has 0 aliphatic carbocycles. The molecule has 12 heteroatoms. The number of alkyl halides is 3. The van der Waals surface area contributed by atoms with Crippen molar-refractivity contribution in [1.29, 1.82) is 0 Å². The maximum Gasteiger partial charge on any atom is 0.416 e. The van der Waals surface area contributed by atoms with Crippen molar-refractivity contribution in [3.05, 3.63) is 47.9 Å². The van der Waals surface area contributed by atoms with Gasteiger partial charge in [-0.25, -0.2) is 4.79 Å². The second-order valence-electron chi connectivity index (χ2n) is 7.34. The van der Waals surface area contributed by atoms with Gasteiger partial charge in [-0.1, -0.05) is 0 Å². The minimum absolute atomic E-state index is 0.00395. The molecule has 2 aromatic rings. The van der Waals surface area contributed by atoms with Gasteiger partial charge in [0.2, 0.25) is 0 Å². The number of halogens is 3. The van der Waals surface area contributed by atoms with Crippen molar-refractivity contribution in [2.75, 3.05) is 38.8 Å². The lowest BCUT2D eigenvalue weighted by atomic mass is 10.1. The van der Waals surface area contributed by atoms with Crippen LogP contribution in [0.3, 0.4) is 0 Å². The maximum absolute atomic E-state index is 13.1. The molecular formula is C22H23F3N2O7. The fourth-order valence-electron chi connectivity index (χ4n) is 3.38. The van der Waals surface area contributed by atoms with Gasteiger partial charge in [-0.2, -0.15) is 13.2 Å². The highest BCUT2D eigenvalue weighted by atomic mass is 19.4. The van der Waals surface area contributed by atoms with Crippen LogP contribution in [0.15, 0.2) is 41.0 Å². The van der Waals surface area contributed by atoms with Gasteiger partial charge in [0.05, 0.1) is 24.1 Å². The van der Waals surface area contributed by atoms with Crippen LogP contribution in [0.25, 0.3) is 0 Å². The van der Waals surface area contributed by atoms with E-state index in [-0.39, 0.29) is 30.4 Å². The van der Waals surface area contributed by atoms with Crippen molar-refractivity contribution in [2.24, 2.45) is 0 Å². The second kappa shape index (κ2) is 11.1. The molecule has 1 aliphatic rings. The first-order valence-electron chi connectivity index (χ1n) is 10.3. The molecule has 0 saturated carbocycles. The smallest absolute Gasteiger partial charge is 0.416 e. The summed E-state index contributed by atoms with van der Waals surface area (Å²) in [6.45, 7) is -0.217. The van der Waals surface area contributed by atoms with Crippen LogP contribution < -0.4 is 10.1 Å². The number of ether oxygens (including phenoxy) is 3. The van der Waals surface area contributed by atoms with Crippen LogP contribution in [0, 0.1) is 0 Å². The summed E-state index contributed by atoms with van der Waals surface area (Å²) in [5, 5.41) is 2.27. The number of furan rings is 1. The van der Waals surface area contributed by atoms with Crippen LogP contribution in [0.5, 0.6) is 5.75 Å². The molecule has 1 atom stereocenters. The SMILES string of the molecule is COCCOc1ccc(C(F)(F)F)cc1NC(=O)COC(=O)[C@@H]1CCCN1C(=O)c1ccco1. The minimum Gasteiger partial charge on any atom is -0.489 e. The Balaban J connectivity index is 1.62. The van der Waals surface area contributed by atoms with Crippen molar-refractivity contribution in [3.63, 3.8) is 0 Å². The number of amides is 2. The number of esters is 1. The molecule has 2 heterocycles. The summed E-state index contributed by atoms with van der Waals surface area (Å²) in [5.41, 5.74) is -1.22. The average Bonchev–Trinajstić information content (AvgIpc) is 3.50. The van der Waals surface area contributed by atoms with E-state index in [1.165, 1.54) is 24.3 Å². The Bertz CT molecular complexity index is 1010. The molecule has 34 heavy (non-hydrogen) atoms. The number of hydrogen-bond donors (Lipinski definition) is 1. The predicted molar refractivity (Wildman–Crippen MR) is 111 cm³/mol. The summed E-state index contributed by atoms with van der Waals surface area (Å²) < 4.78 is 59.6. The van der Waals surface area contributed by atoms with Crippen LogP contribution in [-0.4, -0.2) is 62.2 Å². The number of hydrogen-bond acceptors (Lipinski definition) is 7. The zero-order valence-corrected chi connectivity index (χ0v) is 18.2. The summed E-state index contributed by atoms with van der Waals surface area (Å²) in [5.74, 6) is -2.08. The molecule has 1 N–H and O–H groups in total. The van der Waals surface area contributed by atoms with E-state index in [4.69, 9.17) is 18.6 Å². The summed E-state index contributed by atoms with van der Waals surface area (Å²) >= 11 is 0. The Labute approximate surface area is 192 Å². The van der Waals surface area contributed by atoms with E-state index < -0.39 is 42.2 Å².